The average molecular weight is 423 g/mol. The third kappa shape index (κ3) is 3.58. The smallest absolute Gasteiger partial charge is 0.314 e. The van der Waals surface area contributed by atoms with Crippen molar-refractivity contribution < 1.29 is 13.2 Å². The van der Waals surface area contributed by atoms with Crippen molar-refractivity contribution in [2.24, 2.45) is 0 Å². The van der Waals surface area contributed by atoms with Crippen molar-refractivity contribution in [1.29, 1.82) is 0 Å². The number of nitrogens with zero attached hydrogens (tertiary/aromatic N) is 6. The van der Waals surface area contributed by atoms with Gasteiger partial charge in [0.05, 0.1) is 12.2 Å². The molecule has 0 N–H and O–H groups in total. The summed E-state index contributed by atoms with van der Waals surface area (Å²) < 4.78 is 32.0. The van der Waals surface area contributed by atoms with Gasteiger partial charge in [-0.15, -0.1) is 10.2 Å². The van der Waals surface area contributed by atoms with Crippen molar-refractivity contribution in [3.63, 3.8) is 0 Å². The van der Waals surface area contributed by atoms with Gasteiger partial charge >= 0.3 is 6.43 Å². The number of halogens is 4. The number of pyridine rings is 2. The highest BCUT2D eigenvalue weighted by Crippen LogP contribution is 2.31. The molecule has 11 heteroatoms. The molecule has 0 unspecified atom stereocenters. The fourth-order valence-corrected chi connectivity index (χ4v) is 2.89. The molecular weight excluding hydrogens is 413 g/mol. The molecule has 0 amide bonds. The Morgan fingerprint density at radius 3 is 2.64 bits per heavy atom. The summed E-state index contributed by atoms with van der Waals surface area (Å²) in [6.07, 6.45) is 0.284. The number of rotatable bonds is 5. The van der Waals surface area contributed by atoms with Crippen LogP contribution in [0.3, 0.4) is 0 Å². The number of aromatic nitrogens is 6. The molecule has 4 rings (SSSR count). The van der Waals surface area contributed by atoms with Gasteiger partial charge in [0, 0.05) is 18.0 Å². The van der Waals surface area contributed by atoms with Crippen LogP contribution in [0.2, 0.25) is 10.3 Å². The number of alkyl halides is 2. The largest absolute Gasteiger partial charge is 0.415 e. The highest BCUT2D eigenvalue weighted by Gasteiger charge is 2.20. The van der Waals surface area contributed by atoms with Gasteiger partial charge in [0.1, 0.15) is 10.8 Å². The van der Waals surface area contributed by atoms with Gasteiger partial charge in [0.25, 0.3) is 5.89 Å². The summed E-state index contributed by atoms with van der Waals surface area (Å²) >= 11 is 12.4. The summed E-state index contributed by atoms with van der Waals surface area (Å²) in [6.45, 7) is 0.316. The van der Waals surface area contributed by atoms with Crippen LogP contribution in [0.5, 0.6) is 0 Å². The minimum Gasteiger partial charge on any atom is -0.415 e. The number of imidazole rings is 1. The second kappa shape index (κ2) is 7.61. The summed E-state index contributed by atoms with van der Waals surface area (Å²) in [5.74, 6) is -0.425. The molecule has 0 aromatic carbocycles. The molecule has 4 aromatic heterocycles. The van der Waals surface area contributed by atoms with E-state index in [0.717, 1.165) is 5.69 Å². The van der Waals surface area contributed by atoms with Crippen LogP contribution in [0.25, 0.3) is 23.0 Å². The van der Waals surface area contributed by atoms with Crippen LogP contribution in [0.15, 0.2) is 47.1 Å². The van der Waals surface area contributed by atoms with Crippen molar-refractivity contribution in [3.8, 4) is 23.0 Å². The first-order valence-electron chi connectivity index (χ1n) is 7.92. The minimum atomic E-state index is -2.85. The highest BCUT2D eigenvalue weighted by atomic mass is 35.5. The molecule has 0 aliphatic carbocycles. The van der Waals surface area contributed by atoms with Gasteiger partial charge in [-0.05, 0) is 24.3 Å². The van der Waals surface area contributed by atoms with Gasteiger partial charge in [-0.2, -0.15) is 8.78 Å². The van der Waals surface area contributed by atoms with Gasteiger partial charge in [0.15, 0.2) is 11.0 Å². The van der Waals surface area contributed by atoms with Crippen molar-refractivity contribution in [2.45, 2.75) is 13.0 Å². The Kier molecular flexibility index (Phi) is 5.01. The molecule has 0 atom stereocenters. The second-order valence-corrected chi connectivity index (χ2v) is 6.32. The van der Waals surface area contributed by atoms with E-state index in [1.807, 2.05) is 12.1 Å². The molecule has 0 spiro atoms. The summed E-state index contributed by atoms with van der Waals surface area (Å²) in [5, 5.41) is 7.31. The lowest BCUT2D eigenvalue weighted by Gasteiger charge is -2.08. The summed E-state index contributed by atoms with van der Waals surface area (Å²) in [5.41, 5.74) is 1.55. The maximum Gasteiger partial charge on any atom is 0.314 e. The molecule has 0 bridgehead atoms. The van der Waals surface area contributed by atoms with Crippen LogP contribution in [-0.2, 0) is 6.54 Å². The number of hydrogen-bond acceptors (Lipinski definition) is 6. The molecule has 0 aliphatic heterocycles. The molecule has 0 saturated carbocycles. The van der Waals surface area contributed by atoms with E-state index < -0.39 is 12.3 Å². The third-order valence-corrected chi connectivity index (χ3v) is 4.52. The molecule has 0 radical (unpaired) electrons. The van der Waals surface area contributed by atoms with E-state index >= 15 is 0 Å². The Morgan fingerprint density at radius 1 is 1.07 bits per heavy atom. The topological polar surface area (TPSA) is 82.5 Å². The van der Waals surface area contributed by atoms with E-state index in [-0.39, 0.29) is 16.2 Å². The standard InChI is InChI=1S/C17H10Cl2F2N6O/c18-12-13(19)27(8-10-3-1-2-5-22-10)15(24-12)11-7-9(4-6-23-11)16-25-26-17(28-16)14(20)21/h1-7,14H,8H2. The first-order valence-corrected chi connectivity index (χ1v) is 8.68. The van der Waals surface area contributed by atoms with Crippen molar-refractivity contribution in [3.05, 3.63) is 64.6 Å². The first kappa shape index (κ1) is 18.5. The Hall–Kier alpha value is -2.91. The molecule has 7 nitrogen and oxygen atoms in total. The maximum absolute atomic E-state index is 12.7. The minimum absolute atomic E-state index is 0.0565. The molecule has 0 saturated heterocycles. The molecule has 0 aliphatic rings. The normalized spacial score (nSPS) is 11.3. The van der Waals surface area contributed by atoms with Crippen LogP contribution in [0.4, 0.5) is 8.78 Å². The van der Waals surface area contributed by atoms with E-state index in [2.05, 4.69) is 25.1 Å². The van der Waals surface area contributed by atoms with Crippen LogP contribution in [-0.4, -0.2) is 29.7 Å². The fraction of sp³-hybridized carbons (Fsp3) is 0.118. The van der Waals surface area contributed by atoms with E-state index in [0.29, 0.717) is 23.6 Å². The Morgan fingerprint density at radius 2 is 1.93 bits per heavy atom. The lowest BCUT2D eigenvalue weighted by atomic mass is 10.2. The number of hydrogen-bond donors (Lipinski definition) is 0. The molecule has 4 heterocycles. The molecule has 142 valence electrons. The predicted molar refractivity (Wildman–Crippen MR) is 97.1 cm³/mol. The Bertz CT molecular complexity index is 1120. The third-order valence-electron chi connectivity index (χ3n) is 3.78. The first-order chi connectivity index (χ1) is 13.5. The molecule has 4 aromatic rings. The molecule has 28 heavy (non-hydrogen) atoms. The Balaban J connectivity index is 1.74. The zero-order valence-corrected chi connectivity index (χ0v) is 15.4. The second-order valence-electron chi connectivity index (χ2n) is 5.60. The van der Waals surface area contributed by atoms with Gasteiger partial charge in [-0.1, -0.05) is 29.3 Å². The van der Waals surface area contributed by atoms with Crippen molar-refractivity contribution >= 4 is 23.2 Å². The predicted octanol–water partition coefficient (Wildman–Crippen LogP) is 4.68. The summed E-state index contributed by atoms with van der Waals surface area (Å²) in [7, 11) is 0. The monoisotopic (exact) mass is 422 g/mol. The van der Waals surface area contributed by atoms with Crippen molar-refractivity contribution in [2.75, 3.05) is 0 Å². The Labute approximate surface area is 167 Å². The van der Waals surface area contributed by atoms with Gasteiger partial charge in [0.2, 0.25) is 5.89 Å². The summed E-state index contributed by atoms with van der Waals surface area (Å²) in [6, 6.07) is 8.62. The van der Waals surface area contributed by atoms with E-state index in [1.54, 1.807) is 29.0 Å². The van der Waals surface area contributed by atoms with Gasteiger partial charge in [-0.3, -0.25) is 9.97 Å². The highest BCUT2D eigenvalue weighted by molar-refractivity contribution is 6.40. The van der Waals surface area contributed by atoms with Gasteiger partial charge < -0.3 is 8.98 Å². The maximum atomic E-state index is 12.7. The lowest BCUT2D eigenvalue weighted by Crippen LogP contribution is -2.04. The quantitative estimate of drug-likeness (QED) is 0.464. The zero-order valence-electron chi connectivity index (χ0n) is 13.9. The van der Waals surface area contributed by atoms with Crippen molar-refractivity contribution in [1.82, 2.24) is 29.7 Å². The van der Waals surface area contributed by atoms with E-state index in [4.69, 9.17) is 27.6 Å². The molecular formula is C17H10Cl2F2N6O. The SMILES string of the molecule is FC(F)c1nnc(-c2ccnc(-c3nc(Cl)c(Cl)n3Cc3ccccn3)c2)o1. The van der Waals surface area contributed by atoms with E-state index in [9.17, 15) is 8.78 Å². The fourth-order valence-electron chi connectivity index (χ4n) is 2.52. The average Bonchev–Trinajstić information content (AvgIpc) is 3.30. The van der Waals surface area contributed by atoms with Crippen LogP contribution in [0, 0.1) is 0 Å². The summed E-state index contributed by atoms with van der Waals surface area (Å²) in [4.78, 5) is 12.8. The zero-order chi connectivity index (χ0) is 19.7. The van der Waals surface area contributed by atoms with E-state index in [1.165, 1.54) is 6.20 Å². The van der Waals surface area contributed by atoms with Gasteiger partial charge in [-0.25, -0.2) is 4.98 Å². The lowest BCUT2D eigenvalue weighted by molar-refractivity contribution is 0.116. The van der Waals surface area contributed by atoms with Crippen LogP contribution >= 0.6 is 23.2 Å². The van der Waals surface area contributed by atoms with Crippen LogP contribution in [0.1, 0.15) is 18.0 Å². The van der Waals surface area contributed by atoms with Crippen LogP contribution < -0.4 is 0 Å². The molecule has 0 fully saturated rings.